The SMILES string of the molecule is CCC(=O)N1CCC(CBr)CC1. The summed E-state index contributed by atoms with van der Waals surface area (Å²) in [5.74, 6) is 1.09. The number of rotatable bonds is 2. The first kappa shape index (κ1) is 10.0. The summed E-state index contributed by atoms with van der Waals surface area (Å²) < 4.78 is 0. The number of nitrogens with zero attached hydrogens (tertiary/aromatic N) is 1. The molecule has 0 aromatic heterocycles. The number of hydrogen-bond donors (Lipinski definition) is 0. The lowest BCUT2D eigenvalue weighted by Gasteiger charge is -2.30. The van der Waals surface area contributed by atoms with E-state index in [0.29, 0.717) is 12.3 Å². The van der Waals surface area contributed by atoms with Crippen LogP contribution in [0.4, 0.5) is 0 Å². The van der Waals surface area contributed by atoms with Crippen LogP contribution in [0.2, 0.25) is 0 Å². The number of carbonyl (C=O) groups excluding carboxylic acids is 1. The minimum Gasteiger partial charge on any atom is -0.343 e. The maximum Gasteiger partial charge on any atom is 0.222 e. The highest BCUT2D eigenvalue weighted by Crippen LogP contribution is 2.19. The summed E-state index contributed by atoms with van der Waals surface area (Å²) in [6.45, 7) is 3.85. The Balaban J connectivity index is 2.30. The second kappa shape index (κ2) is 4.85. The summed E-state index contributed by atoms with van der Waals surface area (Å²) in [5.41, 5.74) is 0. The van der Waals surface area contributed by atoms with Crippen molar-refractivity contribution in [2.24, 2.45) is 5.92 Å². The Bertz CT molecular complexity index is 153. The molecule has 1 saturated heterocycles. The smallest absolute Gasteiger partial charge is 0.222 e. The predicted molar refractivity (Wildman–Crippen MR) is 53.4 cm³/mol. The molecule has 0 aromatic carbocycles. The fourth-order valence-electron chi connectivity index (χ4n) is 1.56. The molecular weight excluding hydrogens is 218 g/mol. The topological polar surface area (TPSA) is 20.3 Å². The summed E-state index contributed by atoms with van der Waals surface area (Å²) in [4.78, 5) is 13.3. The van der Waals surface area contributed by atoms with Gasteiger partial charge in [0, 0.05) is 24.8 Å². The van der Waals surface area contributed by atoms with Crippen molar-refractivity contribution in [2.45, 2.75) is 26.2 Å². The van der Waals surface area contributed by atoms with E-state index < -0.39 is 0 Å². The highest BCUT2D eigenvalue weighted by Gasteiger charge is 2.20. The zero-order valence-corrected chi connectivity index (χ0v) is 9.14. The van der Waals surface area contributed by atoms with Gasteiger partial charge in [-0.05, 0) is 18.8 Å². The number of likely N-dealkylation sites (tertiary alicyclic amines) is 1. The first-order chi connectivity index (χ1) is 5.77. The molecule has 0 radical (unpaired) electrons. The molecule has 0 N–H and O–H groups in total. The second-order valence-electron chi connectivity index (χ2n) is 3.33. The van der Waals surface area contributed by atoms with Crippen molar-refractivity contribution in [1.82, 2.24) is 4.90 Å². The average molecular weight is 234 g/mol. The molecule has 0 aliphatic carbocycles. The molecule has 1 amide bonds. The van der Waals surface area contributed by atoms with Gasteiger partial charge < -0.3 is 4.90 Å². The van der Waals surface area contributed by atoms with Gasteiger partial charge in [0.1, 0.15) is 0 Å². The van der Waals surface area contributed by atoms with Gasteiger partial charge in [-0.2, -0.15) is 0 Å². The molecular formula is C9H16BrNO. The molecule has 0 unspecified atom stereocenters. The fraction of sp³-hybridized carbons (Fsp3) is 0.889. The summed E-state index contributed by atoms with van der Waals surface area (Å²) in [6.07, 6.45) is 2.98. The molecule has 1 fully saturated rings. The molecule has 2 nitrogen and oxygen atoms in total. The van der Waals surface area contributed by atoms with E-state index in [1.54, 1.807) is 0 Å². The first-order valence-corrected chi connectivity index (χ1v) is 5.73. The van der Waals surface area contributed by atoms with E-state index in [9.17, 15) is 4.79 Å². The Kier molecular flexibility index (Phi) is 4.06. The van der Waals surface area contributed by atoms with Gasteiger partial charge in [0.25, 0.3) is 0 Å². The zero-order valence-electron chi connectivity index (χ0n) is 7.55. The van der Waals surface area contributed by atoms with Crippen molar-refractivity contribution in [1.29, 1.82) is 0 Å². The molecule has 70 valence electrons. The quantitative estimate of drug-likeness (QED) is 0.669. The van der Waals surface area contributed by atoms with Crippen molar-refractivity contribution >= 4 is 21.8 Å². The minimum atomic E-state index is 0.308. The van der Waals surface area contributed by atoms with Gasteiger partial charge in [-0.1, -0.05) is 22.9 Å². The van der Waals surface area contributed by atoms with Crippen LogP contribution in [0, 0.1) is 5.92 Å². The largest absolute Gasteiger partial charge is 0.343 e. The third kappa shape index (κ3) is 2.47. The number of carbonyl (C=O) groups is 1. The maximum absolute atomic E-state index is 11.3. The van der Waals surface area contributed by atoms with Crippen LogP contribution in [-0.2, 0) is 4.79 Å². The maximum atomic E-state index is 11.3. The van der Waals surface area contributed by atoms with Gasteiger partial charge in [0.15, 0.2) is 0 Å². The first-order valence-electron chi connectivity index (χ1n) is 4.61. The van der Waals surface area contributed by atoms with Crippen LogP contribution < -0.4 is 0 Å². The van der Waals surface area contributed by atoms with Gasteiger partial charge in [0.05, 0.1) is 0 Å². The number of piperidine rings is 1. The Morgan fingerprint density at radius 1 is 1.50 bits per heavy atom. The van der Waals surface area contributed by atoms with Crippen LogP contribution in [-0.4, -0.2) is 29.2 Å². The van der Waals surface area contributed by atoms with Gasteiger partial charge in [0.2, 0.25) is 5.91 Å². The van der Waals surface area contributed by atoms with Gasteiger partial charge in [-0.3, -0.25) is 4.79 Å². The lowest BCUT2D eigenvalue weighted by Crippen LogP contribution is -2.38. The molecule has 0 bridgehead atoms. The van der Waals surface area contributed by atoms with Crippen molar-refractivity contribution in [3.63, 3.8) is 0 Å². The molecule has 0 atom stereocenters. The Morgan fingerprint density at radius 3 is 2.50 bits per heavy atom. The second-order valence-corrected chi connectivity index (χ2v) is 3.98. The van der Waals surface area contributed by atoms with Gasteiger partial charge in [-0.15, -0.1) is 0 Å². The summed E-state index contributed by atoms with van der Waals surface area (Å²) in [5, 5.41) is 1.08. The van der Waals surface area contributed by atoms with Crippen molar-refractivity contribution in [2.75, 3.05) is 18.4 Å². The molecule has 1 aliphatic rings. The van der Waals surface area contributed by atoms with Crippen LogP contribution in [0.15, 0.2) is 0 Å². The van der Waals surface area contributed by atoms with Crippen LogP contribution in [0.5, 0.6) is 0 Å². The van der Waals surface area contributed by atoms with Crippen LogP contribution in [0.1, 0.15) is 26.2 Å². The third-order valence-electron chi connectivity index (χ3n) is 2.49. The molecule has 12 heavy (non-hydrogen) atoms. The Labute approximate surface area is 82.4 Å². The molecule has 0 saturated carbocycles. The Morgan fingerprint density at radius 2 is 2.08 bits per heavy atom. The molecule has 1 heterocycles. The molecule has 3 heteroatoms. The highest BCUT2D eigenvalue weighted by molar-refractivity contribution is 9.09. The van der Waals surface area contributed by atoms with Gasteiger partial charge in [-0.25, -0.2) is 0 Å². The lowest BCUT2D eigenvalue weighted by molar-refractivity contribution is -0.132. The van der Waals surface area contributed by atoms with E-state index in [1.807, 2.05) is 11.8 Å². The third-order valence-corrected chi connectivity index (χ3v) is 3.40. The number of amides is 1. The fourth-order valence-corrected chi connectivity index (χ4v) is 2.21. The van der Waals surface area contributed by atoms with Crippen molar-refractivity contribution in [3.05, 3.63) is 0 Å². The van der Waals surface area contributed by atoms with E-state index >= 15 is 0 Å². The van der Waals surface area contributed by atoms with Crippen LogP contribution >= 0.6 is 15.9 Å². The van der Waals surface area contributed by atoms with Crippen molar-refractivity contribution < 1.29 is 4.79 Å². The Hall–Kier alpha value is -0.0500. The summed E-state index contributed by atoms with van der Waals surface area (Å²) >= 11 is 3.48. The molecule has 1 aliphatic heterocycles. The van der Waals surface area contributed by atoms with E-state index in [4.69, 9.17) is 0 Å². The van der Waals surface area contributed by atoms with E-state index in [-0.39, 0.29) is 0 Å². The van der Waals surface area contributed by atoms with E-state index in [0.717, 1.165) is 37.2 Å². The summed E-state index contributed by atoms with van der Waals surface area (Å²) in [7, 11) is 0. The lowest BCUT2D eigenvalue weighted by atomic mass is 9.99. The molecule has 0 aromatic rings. The number of alkyl halides is 1. The number of hydrogen-bond acceptors (Lipinski definition) is 1. The van der Waals surface area contributed by atoms with E-state index in [2.05, 4.69) is 15.9 Å². The van der Waals surface area contributed by atoms with Gasteiger partial charge >= 0.3 is 0 Å². The van der Waals surface area contributed by atoms with Crippen LogP contribution in [0.25, 0.3) is 0 Å². The molecule has 1 rings (SSSR count). The normalized spacial score (nSPS) is 19.7. The van der Waals surface area contributed by atoms with Crippen molar-refractivity contribution in [3.8, 4) is 0 Å². The monoisotopic (exact) mass is 233 g/mol. The average Bonchev–Trinajstić information content (AvgIpc) is 2.17. The highest BCUT2D eigenvalue weighted by atomic mass is 79.9. The van der Waals surface area contributed by atoms with E-state index in [1.165, 1.54) is 0 Å². The zero-order chi connectivity index (χ0) is 8.97. The van der Waals surface area contributed by atoms with Crippen LogP contribution in [0.3, 0.4) is 0 Å². The minimum absolute atomic E-state index is 0.308. The molecule has 0 spiro atoms. The number of halogens is 1. The summed E-state index contributed by atoms with van der Waals surface area (Å²) in [6, 6.07) is 0. The predicted octanol–water partition coefficient (Wildman–Crippen LogP) is 2.03. The standard InChI is InChI=1S/C9H16BrNO/c1-2-9(12)11-5-3-8(7-10)4-6-11/h8H,2-7H2,1H3.